The Morgan fingerprint density at radius 1 is 1.12 bits per heavy atom. The first-order valence-corrected chi connectivity index (χ1v) is 13.8. The molecule has 2 heterocycles. The van der Waals surface area contributed by atoms with Crippen molar-refractivity contribution in [3.63, 3.8) is 0 Å². The third kappa shape index (κ3) is 6.88. The fourth-order valence-corrected chi connectivity index (χ4v) is 5.43. The minimum atomic E-state index is -0.317. The predicted octanol–water partition coefficient (Wildman–Crippen LogP) is 4.97. The molecule has 1 aliphatic heterocycles. The standard InChI is InChI=1S/C31H33ClFN5O2/c1-40-27-11-9-23(10-12-27)30-24(18-36-37-30)17-35-26-16-29(38(20-26)19-21-5-4-7-25(32)15-21)31(39)34-14-13-22-6-2-3-8-28(22)33/h2-12,15,18,26,29,35H,13-14,16-17,19-20H2,1H3,(H,34,39)(H,36,37)/t26-,29-/m0/s1. The zero-order chi connectivity index (χ0) is 27.9. The van der Waals surface area contributed by atoms with E-state index in [-0.39, 0.29) is 23.8 Å². The van der Waals surface area contributed by atoms with Gasteiger partial charge in [-0.2, -0.15) is 5.10 Å². The van der Waals surface area contributed by atoms with Crippen molar-refractivity contribution in [2.75, 3.05) is 20.2 Å². The summed E-state index contributed by atoms with van der Waals surface area (Å²) < 4.78 is 19.3. The Labute approximate surface area is 238 Å². The molecule has 208 valence electrons. The summed E-state index contributed by atoms with van der Waals surface area (Å²) in [6.45, 7) is 2.29. The number of amides is 1. The SMILES string of the molecule is COc1ccc(-c2[nH]ncc2CN[C@H]2C[C@@H](C(=O)NCCc3ccccc3F)N(Cc3cccc(Cl)c3)C2)cc1. The van der Waals surface area contributed by atoms with Gasteiger partial charge in [0.05, 0.1) is 25.0 Å². The van der Waals surface area contributed by atoms with Gasteiger partial charge in [-0.25, -0.2) is 4.39 Å². The van der Waals surface area contributed by atoms with Gasteiger partial charge >= 0.3 is 0 Å². The van der Waals surface area contributed by atoms with Gasteiger partial charge in [0, 0.05) is 48.4 Å². The van der Waals surface area contributed by atoms with Gasteiger partial charge in [0.2, 0.25) is 5.91 Å². The number of carbonyl (C=O) groups excluding carboxylic acids is 1. The number of benzene rings is 3. The quantitative estimate of drug-likeness (QED) is 0.241. The Bertz CT molecular complexity index is 1430. The van der Waals surface area contributed by atoms with E-state index < -0.39 is 0 Å². The highest BCUT2D eigenvalue weighted by Crippen LogP contribution is 2.26. The van der Waals surface area contributed by atoms with Crippen molar-refractivity contribution in [1.29, 1.82) is 0 Å². The maximum absolute atomic E-state index is 14.0. The number of hydrogen-bond donors (Lipinski definition) is 3. The van der Waals surface area contributed by atoms with Crippen molar-refractivity contribution < 1.29 is 13.9 Å². The summed E-state index contributed by atoms with van der Waals surface area (Å²) in [6.07, 6.45) is 2.93. The molecule has 0 unspecified atom stereocenters. The number of ether oxygens (including phenoxy) is 1. The molecule has 7 nitrogen and oxygen atoms in total. The minimum Gasteiger partial charge on any atom is -0.497 e. The summed E-state index contributed by atoms with van der Waals surface area (Å²) >= 11 is 6.23. The van der Waals surface area contributed by atoms with Crippen LogP contribution in [-0.4, -0.2) is 53.3 Å². The first-order chi connectivity index (χ1) is 19.5. The molecule has 1 aliphatic rings. The third-order valence-corrected chi connectivity index (χ3v) is 7.55. The van der Waals surface area contributed by atoms with Gasteiger partial charge in [0.25, 0.3) is 0 Å². The number of nitrogens with zero attached hydrogens (tertiary/aromatic N) is 2. The Morgan fingerprint density at radius 3 is 2.73 bits per heavy atom. The second-order valence-corrected chi connectivity index (χ2v) is 10.5. The Hall–Kier alpha value is -3.72. The highest BCUT2D eigenvalue weighted by atomic mass is 35.5. The van der Waals surface area contributed by atoms with Crippen molar-refractivity contribution in [2.45, 2.75) is 38.0 Å². The van der Waals surface area contributed by atoms with Gasteiger partial charge in [-0.1, -0.05) is 41.9 Å². The van der Waals surface area contributed by atoms with Crippen molar-refractivity contribution in [1.82, 2.24) is 25.7 Å². The molecular weight excluding hydrogens is 529 g/mol. The Kier molecular flexibility index (Phi) is 9.11. The molecule has 0 bridgehead atoms. The molecule has 0 saturated carbocycles. The number of halogens is 2. The Morgan fingerprint density at radius 2 is 1.95 bits per heavy atom. The van der Waals surface area contributed by atoms with Crippen LogP contribution in [0.5, 0.6) is 5.75 Å². The molecule has 1 saturated heterocycles. The third-order valence-electron chi connectivity index (χ3n) is 7.31. The lowest BCUT2D eigenvalue weighted by molar-refractivity contribution is -0.125. The second kappa shape index (κ2) is 13.1. The van der Waals surface area contributed by atoms with Crippen LogP contribution >= 0.6 is 11.6 Å². The first kappa shape index (κ1) is 27.8. The van der Waals surface area contributed by atoms with Crippen molar-refractivity contribution in [3.05, 3.63) is 107 Å². The molecular formula is C31H33ClFN5O2. The lowest BCUT2D eigenvalue weighted by Crippen LogP contribution is -2.43. The smallest absolute Gasteiger partial charge is 0.237 e. The van der Waals surface area contributed by atoms with Crippen LogP contribution in [0.25, 0.3) is 11.3 Å². The van der Waals surface area contributed by atoms with Crippen molar-refractivity contribution >= 4 is 17.5 Å². The number of nitrogens with one attached hydrogen (secondary N) is 3. The van der Waals surface area contributed by atoms with Gasteiger partial charge in [-0.05, 0) is 66.4 Å². The highest BCUT2D eigenvalue weighted by molar-refractivity contribution is 6.30. The van der Waals surface area contributed by atoms with Gasteiger partial charge in [0.1, 0.15) is 11.6 Å². The average molecular weight is 562 g/mol. The lowest BCUT2D eigenvalue weighted by Gasteiger charge is -2.23. The fraction of sp³-hybridized carbons (Fsp3) is 0.290. The molecule has 3 N–H and O–H groups in total. The van der Waals surface area contributed by atoms with E-state index in [1.165, 1.54) is 6.07 Å². The molecule has 1 fully saturated rings. The zero-order valence-corrected chi connectivity index (χ0v) is 23.1. The molecule has 4 aromatic rings. The van der Waals surface area contributed by atoms with Crippen LogP contribution in [0.2, 0.25) is 5.02 Å². The number of aromatic amines is 1. The van der Waals surface area contributed by atoms with Gasteiger partial charge in [-0.15, -0.1) is 0 Å². The summed E-state index contributed by atoms with van der Waals surface area (Å²) in [6, 6.07) is 22.0. The number of hydrogen-bond acceptors (Lipinski definition) is 5. The molecule has 1 amide bonds. The summed E-state index contributed by atoms with van der Waals surface area (Å²) in [5, 5.41) is 14.7. The summed E-state index contributed by atoms with van der Waals surface area (Å²) in [5.74, 6) is 0.495. The zero-order valence-electron chi connectivity index (χ0n) is 22.4. The van der Waals surface area contributed by atoms with Crippen LogP contribution in [0.1, 0.15) is 23.1 Å². The van der Waals surface area contributed by atoms with E-state index in [9.17, 15) is 9.18 Å². The largest absolute Gasteiger partial charge is 0.497 e. The fourth-order valence-electron chi connectivity index (χ4n) is 5.22. The molecule has 1 aromatic heterocycles. The van der Waals surface area contributed by atoms with E-state index in [0.29, 0.717) is 49.6 Å². The van der Waals surface area contributed by atoms with Crippen LogP contribution in [0.3, 0.4) is 0 Å². The molecule has 40 heavy (non-hydrogen) atoms. The summed E-state index contributed by atoms with van der Waals surface area (Å²) in [7, 11) is 1.65. The van der Waals surface area contributed by atoms with E-state index in [1.807, 2.05) is 54.7 Å². The molecule has 3 aromatic carbocycles. The number of carbonyl (C=O) groups is 1. The van der Waals surface area contributed by atoms with E-state index in [2.05, 4.69) is 25.7 Å². The molecule has 0 radical (unpaired) electrons. The number of H-pyrrole nitrogens is 1. The van der Waals surface area contributed by atoms with Crippen LogP contribution in [0.15, 0.2) is 79.0 Å². The van der Waals surface area contributed by atoms with Crippen LogP contribution in [0.4, 0.5) is 4.39 Å². The highest BCUT2D eigenvalue weighted by Gasteiger charge is 2.36. The van der Waals surface area contributed by atoms with E-state index in [4.69, 9.17) is 16.3 Å². The Balaban J connectivity index is 1.24. The maximum atomic E-state index is 14.0. The summed E-state index contributed by atoms with van der Waals surface area (Å²) in [4.78, 5) is 15.5. The van der Waals surface area contributed by atoms with Gasteiger partial charge in [0.15, 0.2) is 0 Å². The minimum absolute atomic E-state index is 0.0510. The number of likely N-dealkylation sites (tertiary alicyclic amines) is 1. The van der Waals surface area contributed by atoms with Crippen LogP contribution in [0, 0.1) is 5.82 Å². The van der Waals surface area contributed by atoms with Crippen molar-refractivity contribution in [2.24, 2.45) is 0 Å². The molecule has 5 rings (SSSR count). The molecule has 9 heteroatoms. The number of rotatable bonds is 11. The average Bonchev–Trinajstić information content (AvgIpc) is 3.60. The van der Waals surface area contributed by atoms with E-state index in [1.54, 1.807) is 25.3 Å². The van der Waals surface area contributed by atoms with Gasteiger partial charge in [-0.3, -0.25) is 14.8 Å². The molecule has 0 spiro atoms. The lowest BCUT2D eigenvalue weighted by atomic mass is 10.1. The maximum Gasteiger partial charge on any atom is 0.237 e. The topological polar surface area (TPSA) is 82.3 Å². The molecule has 0 aliphatic carbocycles. The summed E-state index contributed by atoms with van der Waals surface area (Å²) in [5.41, 5.74) is 4.66. The normalized spacial score (nSPS) is 17.2. The first-order valence-electron chi connectivity index (χ1n) is 13.4. The predicted molar refractivity (Wildman–Crippen MR) is 155 cm³/mol. The van der Waals surface area contributed by atoms with E-state index in [0.717, 1.165) is 28.1 Å². The number of methoxy groups -OCH3 is 1. The van der Waals surface area contributed by atoms with Crippen LogP contribution in [-0.2, 0) is 24.3 Å². The monoisotopic (exact) mass is 561 g/mol. The van der Waals surface area contributed by atoms with Gasteiger partial charge < -0.3 is 15.4 Å². The molecule has 2 atom stereocenters. The second-order valence-electron chi connectivity index (χ2n) is 10.0. The number of aromatic nitrogens is 2. The van der Waals surface area contributed by atoms with Crippen LogP contribution < -0.4 is 15.4 Å². The van der Waals surface area contributed by atoms with Crippen molar-refractivity contribution in [3.8, 4) is 17.0 Å². The van der Waals surface area contributed by atoms with E-state index >= 15 is 0 Å².